The van der Waals surface area contributed by atoms with E-state index in [9.17, 15) is 14.4 Å². The lowest BCUT2D eigenvalue weighted by Gasteiger charge is -2.22. The normalized spacial score (nSPS) is 12.2. The van der Waals surface area contributed by atoms with Crippen LogP contribution in [0.25, 0.3) is 0 Å². The van der Waals surface area contributed by atoms with Gasteiger partial charge in [-0.15, -0.1) is 0 Å². The summed E-state index contributed by atoms with van der Waals surface area (Å²) in [6, 6.07) is 24.4. The van der Waals surface area contributed by atoms with Gasteiger partial charge in [-0.3, -0.25) is 4.79 Å². The minimum Gasteiger partial charge on any atom is -0.467 e. The van der Waals surface area contributed by atoms with Crippen molar-refractivity contribution in [2.45, 2.75) is 38.5 Å². The fourth-order valence-corrected chi connectivity index (χ4v) is 3.53. The Hall–Kier alpha value is -4.13. The fourth-order valence-electron chi connectivity index (χ4n) is 3.53. The van der Waals surface area contributed by atoms with Gasteiger partial charge in [-0.2, -0.15) is 0 Å². The molecule has 0 heterocycles. The van der Waals surface area contributed by atoms with E-state index in [1.54, 1.807) is 0 Å². The topological polar surface area (TPSA) is 93.7 Å². The Morgan fingerprint density at radius 2 is 1.26 bits per heavy atom. The summed E-state index contributed by atoms with van der Waals surface area (Å²) in [4.78, 5) is 38.2. The summed E-state index contributed by atoms with van der Waals surface area (Å²) >= 11 is 0. The van der Waals surface area contributed by atoms with Gasteiger partial charge in [-0.1, -0.05) is 90.5 Å². The Morgan fingerprint density at radius 3 is 1.86 bits per heavy atom. The minimum atomic E-state index is -0.953. The van der Waals surface area contributed by atoms with Crippen LogP contribution in [0.5, 0.6) is 0 Å². The van der Waals surface area contributed by atoms with Gasteiger partial charge >= 0.3 is 12.1 Å². The van der Waals surface area contributed by atoms with Crippen molar-refractivity contribution in [1.82, 2.24) is 10.6 Å². The lowest BCUT2D eigenvalue weighted by atomic mass is 10.0. The van der Waals surface area contributed by atoms with Crippen molar-refractivity contribution in [3.8, 4) is 0 Å². The average Bonchev–Trinajstić information content (AvgIpc) is 2.88. The van der Waals surface area contributed by atoms with Crippen molar-refractivity contribution in [2.24, 2.45) is 0 Å². The number of nitrogens with one attached hydrogen (secondary N) is 2. The van der Waals surface area contributed by atoms with Gasteiger partial charge in [-0.05, 0) is 23.6 Å². The monoisotopic (exact) mass is 474 g/mol. The van der Waals surface area contributed by atoms with Crippen LogP contribution in [-0.2, 0) is 38.5 Å². The second kappa shape index (κ2) is 12.9. The zero-order valence-corrected chi connectivity index (χ0v) is 19.9. The largest absolute Gasteiger partial charge is 0.467 e. The quantitative estimate of drug-likeness (QED) is 0.437. The van der Waals surface area contributed by atoms with Crippen molar-refractivity contribution in [2.75, 3.05) is 7.11 Å². The highest BCUT2D eigenvalue weighted by molar-refractivity contribution is 5.90. The number of methoxy groups -OCH3 is 1. The molecule has 0 fully saturated rings. The molecule has 35 heavy (non-hydrogen) atoms. The third kappa shape index (κ3) is 8.30. The van der Waals surface area contributed by atoms with Crippen molar-refractivity contribution in [3.05, 3.63) is 107 Å². The van der Waals surface area contributed by atoms with Crippen LogP contribution in [0.3, 0.4) is 0 Å². The van der Waals surface area contributed by atoms with Crippen molar-refractivity contribution >= 4 is 18.0 Å². The third-order valence-corrected chi connectivity index (χ3v) is 5.47. The molecule has 0 radical (unpaired) electrons. The molecule has 3 aromatic carbocycles. The first-order chi connectivity index (χ1) is 16.9. The molecule has 3 aromatic rings. The highest BCUT2D eigenvalue weighted by Gasteiger charge is 2.28. The van der Waals surface area contributed by atoms with E-state index in [-0.39, 0.29) is 19.4 Å². The van der Waals surface area contributed by atoms with Gasteiger partial charge in [0.1, 0.15) is 18.7 Å². The molecule has 0 bridgehead atoms. The molecule has 0 aliphatic rings. The smallest absolute Gasteiger partial charge is 0.408 e. The van der Waals surface area contributed by atoms with Crippen LogP contribution in [0.15, 0.2) is 84.9 Å². The summed E-state index contributed by atoms with van der Waals surface area (Å²) in [5.41, 5.74) is 3.65. The molecule has 0 aliphatic heterocycles. The van der Waals surface area contributed by atoms with Crippen LogP contribution in [0.1, 0.15) is 22.3 Å². The predicted octanol–water partition coefficient (Wildman–Crippen LogP) is 3.73. The summed E-state index contributed by atoms with van der Waals surface area (Å²) in [5.74, 6) is -1.07. The van der Waals surface area contributed by atoms with Gasteiger partial charge in [0.05, 0.1) is 7.11 Å². The number of alkyl carbamates (subject to hydrolysis) is 1. The molecule has 3 rings (SSSR count). The summed E-state index contributed by atoms with van der Waals surface area (Å²) in [6.45, 7) is 2.05. The molecule has 2 amide bonds. The third-order valence-electron chi connectivity index (χ3n) is 5.47. The summed E-state index contributed by atoms with van der Waals surface area (Å²) in [7, 11) is 1.28. The molecule has 0 unspecified atom stereocenters. The van der Waals surface area contributed by atoms with E-state index in [1.165, 1.54) is 7.11 Å². The van der Waals surface area contributed by atoms with Crippen LogP contribution >= 0.6 is 0 Å². The van der Waals surface area contributed by atoms with Crippen LogP contribution in [-0.4, -0.2) is 37.2 Å². The van der Waals surface area contributed by atoms with E-state index in [4.69, 9.17) is 9.47 Å². The second-order valence-electron chi connectivity index (χ2n) is 8.22. The highest BCUT2D eigenvalue weighted by Crippen LogP contribution is 2.10. The Labute approximate surface area is 205 Å². The number of ether oxygens (including phenoxy) is 2. The van der Waals surface area contributed by atoms with E-state index in [2.05, 4.69) is 10.6 Å². The number of rotatable bonds is 10. The average molecular weight is 475 g/mol. The van der Waals surface area contributed by atoms with Crippen LogP contribution < -0.4 is 10.6 Å². The van der Waals surface area contributed by atoms with E-state index >= 15 is 0 Å². The number of benzene rings is 3. The van der Waals surface area contributed by atoms with Gasteiger partial charge < -0.3 is 20.1 Å². The zero-order chi connectivity index (χ0) is 25.0. The first-order valence-electron chi connectivity index (χ1n) is 11.4. The molecule has 2 atom stereocenters. The van der Waals surface area contributed by atoms with E-state index in [1.807, 2.05) is 91.9 Å². The SMILES string of the molecule is COC(=O)[C@H](Cc1ccc(C)cc1)NC(=O)[C@H](Cc1ccccc1)NC(=O)OCc1ccccc1. The molecule has 0 saturated carbocycles. The standard InChI is InChI=1S/C28H30N2O5/c1-20-13-15-22(16-14-20)18-25(27(32)34-2)29-26(31)24(17-21-9-5-3-6-10-21)30-28(33)35-19-23-11-7-4-8-12-23/h3-16,24-25H,17-19H2,1-2H3,(H,29,31)(H,30,33)/t24-,25-/m0/s1. The van der Waals surface area contributed by atoms with Gasteiger partial charge in [0.2, 0.25) is 5.91 Å². The van der Waals surface area contributed by atoms with Crippen LogP contribution in [0, 0.1) is 6.92 Å². The number of carbonyl (C=O) groups is 3. The summed E-state index contributed by atoms with van der Waals surface area (Å²) < 4.78 is 10.2. The molecule has 0 spiro atoms. The lowest BCUT2D eigenvalue weighted by Crippen LogP contribution is -2.53. The molecule has 7 heteroatoms. The Kier molecular flexibility index (Phi) is 9.42. The first-order valence-corrected chi connectivity index (χ1v) is 11.4. The molecule has 2 N–H and O–H groups in total. The number of esters is 1. The van der Waals surface area contributed by atoms with Crippen molar-refractivity contribution in [1.29, 1.82) is 0 Å². The molecular formula is C28H30N2O5. The van der Waals surface area contributed by atoms with Crippen LogP contribution in [0.4, 0.5) is 4.79 Å². The molecule has 7 nitrogen and oxygen atoms in total. The highest BCUT2D eigenvalue weighted by atomic mass is 16.5. The molecule has 0 aliphatic carbocycles. The number of hydrogen-bond acceptors (Lipinski definition) is 5. The first kappa shape index (κ1) is 25.5. The maximum absolute atomic E-state index is 13.2. The van der Waals surface area contributed by atoms with Gasteiger partial charge in [0.15, 0.2) is 0 Å². The van der Waals surface area contributed by atoms with Crippen LogP contribution in [0.2, 0.25) is 0 Å². The maximum atomic E-state index is 13.2. The van der Waals surface area contributed by atoms with Crippen molar-refractivity contribution in [3.63, 3.8) is 0 Å². The molecule has 0 aromatic heterocycles. The lowest BCUT2D eigenvalue weighted by molar-refractivity contribution is -0.145. The fraction of sp³-hybridized carbons (Fsp3) is 0.250. The number of aryl methyl sites for hydroxylation is 1. The molecule has 0 saturated heterocycles. The number of carbonyl (C=O) groups excluding carboxylic acids is 3. The summed E-state index contributed by atoms with van der Waals surface area (Å²) in [5, 5.41) is 5.39. The van der Waals surface area contributed by atoms with E-state index in [0.29, 0.717) is 0 Å². The Morgan fingerprint density at radius 1 is 0.714 bits per heavy atom. The maximum Gasteiger partial charge on any atom is 0.408 e. The molecule has 182 valence electrons. The van der Waals surface area contributed by atoms with E-state index < -0.39 is 30.1 Å². The van der Waals surface area contributed by atoms with Gasteiger partial charge in [0, 0.05) is 12.8 Å². The van der Waals surface area contributed by atoms with Gasteiger partial charge in [-0.25, -0.2) is 9.59 Å². The number of hydrogen-bond donors (Lipinski definition) is 2. The Bertz CT molecular complexity index is 1100. The van der Waals surface area contributed by atoms with Crippen molar-refractivity contribution < 1.29 is 23.9 Å². The number of amides is 2. The zero-order valence-electron chi connectivity index (χ0n) is 19.9. The Balaban J connectivity index is 1.71. The van der Waals surface area contributed by atoms with E-state index in [0.717, 1.165) is 22.3 Å². The molecular weight excluding hydrogens is 444 g/mol. The minimum absolute atomic E-state index is 0.0740. The summed E-state index contributed by atoms with van der Waals surface area (Å²) in [6.07, 6.45) is -0.237. The van der Waals surface area contributed by atoms with Gasteiger partial charge in [0.25, 0.3) is 0 Å². The second-order valence-corrected chi connectivity index (χ2v) is 8.22. The predicted molar refractivity (Wildman–Crippen MR) is 133 cm³/mol.